The van der Waals surface area contributed by atoms with Gasteiger partial charge in [-0.2, -0.15) is 0 Å². The molecule has 1 aromatic heterocycles. The van der Waals surface area contributed by atoms with Gasteiger partial charge in [0.05, 0.1) is 11.3 Å². The number of carbonyl (C=O) groups is 2. The topological polar surface area (TPSA) is 58.2 Å². The molecule has 0 spiro atoms. The van der Waals surface area contributed by atoms with Crippen LogP contribution >= 0.6 is 11.3 Å². The molecule has 2 N–H and O–H groups in total. The van der Waals surface area contributed by atoms with Crippen molar-refractivity contribution in [3.8, 4) is 0 Å². The quantitative estimate of drug-likeness (QED) is 0.911. The van der Waals surface area contributed by atoms with E-state index in [0.29, 0.717) is 6.42 Å². The predicted molar refractivity (Wildman–Crippen MR) is 88.5 cm³/mol. The monoisotopic (exact) mass is 314 g/mol. The van der Waals surface area contributed by atoms with Crippen LogP contribution in [0.15, 0.2) is 30.3 Å². The fraction of sp³-hybridized carbons (Fsp3) is 0.294. The number of hydrogen-bond acceptors (Lipinski definition) is 3. The van der Waals surface area contributed by atoms with Crippen molar-refractivity contribution in [1.29, 1.82) is 0 Å². The zero-order chi connectivity index (χ0) is 15.5. The summed E-state index contributed by atoms with van der Waals surface area (Å²) in [5.74, 6) is -0.0802. The zero-order valence-electron chi connectivity index (χ0n) is 12.4. The van der Waals surface area contributed by atoms with Gasteiger partial charge in [0.25, 0.3) is 5.91 Å². The van der Waals surface area contributed by atoms with E-state index >= 15 is 0 Å². The molecule has 2 aromatic rings. The summed E-state index contributed by atoms with van der Waals surface area (Å²) in [5.41, 5.74) is 3.00. The van der Waals surface area contributed by atoms with Crippen molar-refractivity contribution < 1.29 is 9.59 Å². The summed E-state index contributed by atoms with van der Waals surface area (Å²) in [4.78, 5) is 25.7. The maximum atomic E-state index is 12.3. The molecule has 0 bridgehead atoms. The molecule has 0 saturated carbocycles. The van der Waals surface area contributed by atoms with Crippen molar-refractivity contribution in [3.63, 3.8) is 0 Å². The van der Waals surface area contributed by atoms with Gasteiger partial charge in [0.2, 0.25) is 5.91 Å². The van der Waals surface area contributed by atoms with Gasteiger partial charge in [-0.1, -0.05) is 12.1 Å². The number of carbonyl (C=O) groups excluding carboxylic acids is 2. The number of likely N-dealkylation sites (N-methyl/N-ethyl adjacent to an activating group) is 1. The zero-order valence-corrected chi connectivity index (χ0v) is 13.3. The third kappa shape index (κ3) is 3.20. The maximum Gasteiger partial charge on any atom is 0.265 e. The van der Waals surface area contributed by atoms with Crippen LogP contribution in [0.3, 0.4) is 0 Å². The molecule has 0 unspecified atom stereocenters. The van der Waals surface area contributed by atoms with Gasteiger partial charge in [0.1, 0.15) is 0 Å². The molecule has 5 heteroatoms. The van der Waals surface area contributed by atoms with Gasteiger partial charge >= 0.3 is 0 Å². The number of anilines is 1. The highest BCUT2D eigenvalue weighted by atomic mass is 32.1. The Kier molecular flexibility index (Phi) is 4.24. The largest absolute Gasteiger partial charge is 0.359 e. The highest BCUT2D eigenvalue weighted by Gasteiger charge is 2.18. The SMILES string of the molecule is CNC(=O)Cc1ccc(NC(=O)c2cc3c(s2)CCC3)cc1. The first kappa shape index (κ1) is 14.8. The Morgan fingerprint density at radius 2 is 1.95 bits per heavy atom. The lowest BCUT2D eigenvalue weighted by molar-refractivity contribution is -0.119. The fourth-order valence-corrected chi connectivity index (χ4v) is 3.76. The minimum atomic E-state index is -0.0570. The molecule has 0 radical (unpaired) electrons. The van der Waals surface area contributed by atoms with Crippen molar-refractivity contribution >= 4 is 28.8 Å². The van der Waals surface area contributed by atoms with E-state index in [4.69, 9.17) is 0 Å². The molecule has 1 aliphatic rings. The average Bonchev–Trinajstić information content (AvgIpc) is 3.10. The van der Waals surface area contributed by atoms with Crippen LogP contribution < -0.4 is 10.6 Å². The van der Waals surface area contributed by atoms with Crippen LogP contribution in [0.4, 0.5) is 5.69 Å². The van der Waals surface area contributed by atoms with Gasteiger partial charge in [0, 0.05) is 17.6 Å². The minimum Gasteiger partial charge on any atom is -0.359 e. The van der Waals surface area contributed by atoms with Crippen LogP contribution in [0.25, 0.3) is 0 Å². The lowest BCUT2D eigenvalue weighted by Crippen LogP contribution is -2.19. The lowest BCUT2D eigenvalue weighted by Gasteiger charge is -2.05. The first-order valence-corrected chi connectivity index (χ1v) is 8.20. The fourth-order valence-electron chi connectivity index (χ4n) is 2.61. The molecule has 3 rings (SSSR count). The molecular weight excluding hydrogens is 296 g/mol. The number of fused-ring (bicyclic) bond motifs is 1. The highest BCUT2D eigenvalue weighted by Crippen LogP contribution is 2.31. The number of aryl methyl sites for hydroxylation is 2. The molecular formula is C17H18N2O2S. The number of rotatable bonds is 4. The maximum absolute atomic E-state index is 12.3. The van der Waals surface area contributed by atoms with E-state index in [0.717, 1.165) is 29.0 Å². The van der Waals surface area contributed by atoms with Gasteiger partial charge in [0.15, 0.2) is 0 Å². The second-order valence-corrected chi connectivity index (χ2v) is 6.55. The summed E-state index contributed by atoms with van der Waals surface area (Å²) >= 11 is 1.60. The molecule has 4 nitrogen and oxygen atoms in total. The van der Waals surface area contributed by atoms with Crippen molar-refractivity contribution in [2.24, 2.45) is 0 Å². The highest BCUT2D eigenvalue weighted by molar-refractivity contribution is 7.14. The Balaban J connectivity index is 1.64. The van der Waals surface area contributed by atoms with Crippen molar-refractivity contribution in [1.82, 2.24) is 5.32 Å². The second kappa shape index (κ2) is 6.32. The average molecular weight is 314 g/mol. The molecule has 1 heterocycles. The molecule has 22 heavy (non-hydrogen) atoms. The summed E-state index contributed by atoms with van der Waals surface area (Å²) in [6, 6.07) is 9.40. The Hall–Kier alpha value is -2.14. The van der Waals surface area contributed by atoms with Gasteiger partial charge < -0.3 is 10.6 Å². The number of hydrogen-bond donors (Lipinski definition) is 2. The number of nitrogens with one attached hydrogen (secondary N) is 2. The van der Waals surface area contributed by atoms with E-state index in [9.17, 15) is 9.59 Å². The molecule has 1 aliphatic carbocycles. The third-order valence-corrected chi connectivity index (χ3v) is 5.06. The van der Waals surface area contributed by atoms with E-state index in [1.165, 1.54) is 16.9 Å². The van der Waals surface area contributed by atoms with Gasteiger partial charge in [-0.05, 0) is 48.6 Å². The van der Waals surface area contributed by atoms with Crippen LogP contribution in [0, 0.1) is 0 Å². The van der Waals surface area contributed by atoms with E-state index in [-0.39, 0.29) is 11.8 Å². The third-order valence-electron chi connectivity index (χ3n) is 3.83. The molecule has 0 atom stereocenters. The Morgan fingerprint density at radius 1 is 1.18 bits per heavy atom. The number of benzene rings is 1. The molecule has 114 valence electrons. The van der Waals surface area contributed by atoms with Gasteiger partial charge in [-0.3, -0.25) is 9.59 Å². The normalized spacial score (nSPS) is 12.8. The molecule has 1 aromatic carbocycles. The van der Waals surface area contributed by atoms with E-state index in [2.05, 4.69) is 10.6 Å². The van der Waals surface area contributed by atoms with Crippen molar-refractivity contribution in [3.05, 3.63) is 51.2 Å². The standard InChI is InChI=1S/C17H18N2O2S/c1-18-16(20)9-11-5-7-13(8-6-11)19-17(21)15-10-12-3-2-4-14(12)22-15/h5-8,10H,2-4,9H2,1H3,(H,18,20)(H,19,21). The van der Waals surface area contributed by atoms with E-state index < -0.39 is 0 Å². The summed E-state index contributed by atoms with van der Waals surface area (Å²) < 4.78 is 0. The molecule has 2 amide bonds. The van der Waals surface area contributed by atoms with E-state index in [1.54, 1.807) is 18.4 Å². The number of thiophene rings is 1. The first-order chi connectivity index (χ1) is 10.7. The van der Waals surface area contributed by atoms with Gasteiger partial charge in [-0.25, -0.2) is 0 Å². The lowest BCUT2D eigenvalue weighted by atomic mass is 10.1. The Labute approximate surface area is 133 Å². The minimum absolute atomic E-state index is 0.0233. The first-order valence-electron chi connectivity index (χ1n) is 7.38. The molecule has 0 fully saturated rings. The summed E-state index contributed by atoms with van der Waals surface area (Å²) in [5, 5.41) is 5.51. The smallest absolute Gasteiger partial charge is 0.265 e. The Morgan fingerprint density at radius 3 is 2.64 bits per heavy atom. The summed E-state index contributed by atoms with van der Waals surface area (Å²) in [6.07, 6.45) is 3.74. The van der Waals surface area contributed by atoms with E-state index in [1.807, 2.05) is 30.3 Å². The van der Waals surface area contributed by atoms with Crippen LogP contribution in [0.5, 0.6) is 0 Å². The Bertz CT molecular complexity index is 682. The number of amides is 2. The molecule has 0 aliphatic heterocycles. The summed E-state index contributed by atoms with van der Waals surface area (Å²) in [6.45, 7) is 0. The summed E-state index contributed by atoms with van der Waals surface area (Å²) in [7, 11) is 1.62. The van der Waals surface area contributed by atoms with Crippen LogP contribution in [-0.4, -0.2) is 18.9 Å². The van der Waals surface area contributed by atoms with Gasteiger partial charge in [-0.15, -0.1) is 11.3 Å². The van der Waals surface area contributed by atoms with Crippen molar-refractivity contribution in [2.75, 3.05) is 12.4 Å². The second-order valence-electron chi connectivity index (χ2n) is 5.41. The predicted octanol–water partition coefficient (Wildman–Crippen LogP) is 2.78. The van der Waals surface area contributed by atoms with Crippen molar-refractivity contribution in [2.45, 2.75) is 25.7 Å². The van der Waals surface area contributed by atoms with Crippen LogP contribution in [-0.2, 0) is 24.1 Å². The van der Waals surface area contributed by atoms with Crippen LogP contribution in [0.2, 0.25) is 0 Å². The molecule has 0 saturated heterocycles. The van der Waals surface area contributed by atoms with Crippen LogP contribution in [0.1, 0.15) is 32.1 Å².